The van der Waals surface area contributed by atoms with E-state index in [1.807, 2.05) is 49.4 Å². The standard InChI is InChI=1S/C17H16N4OS/c1-11-4-2-3-5-13(11)10-19-21-16(22)9-12-6-7-14-15(8-12)23-17(18)20-14/h2-8,10H,9H2,1H3,(H2,18,20)(H,21,22)/b19-10-. The maximum absolute atomic E-state index is 12.0. The molecule has 6 heteroatoms. The number of hydrogen-bond donors (Lipinski definition) is 2. The third kappa shape index (κ3) is 3.73. The molecule has 0 aliphatic heterocycles. The molecular weight excluding hydrogens is 308 g/mol. The van der Waals surface area contributed by atoms with Gasteiger partial charge in [-0.2, -0.15) is 5.10 Å². The minimum Gasteiger partial charge on any atom is -0.375 e. The normalized spacial score (nSPS) is 11.2. The fourth-order valence-electron chi connectivity index (χ4n) is 2.23. The summed E-state index contributed by atoms with van der Waals surface area (Å²) in [4.78, 5) is 16.2. The van der Waals surface area contributed by atoms with Crippen molar-refractivity contribution in [2.45, 2.75) is 13.3 Å². The van der Waals surface area contributed by atoms with Gasteiger partial charge in [0.15, 0.2) is 5.13 Å². The molecule has 0 radical (unpaired) electrons. The smallest absolute Gasteiger partial charge is 0.244 e. The molecule has 0 saturated carbocycles. The Bertz CT molecular complexity index is 885. The van der Waals surface area contributed by atoms with Crippen molar-refractivity contribution in [3.05, 3.63) is 59.2 Å². The second kappa shape index (κ2) is 6.58. The number of nitrogen functional groups attached to an aromatic ring is 1. The Labute approximate surface area is 137 Å². The summed E-state index contributed by atoms with van der Waals surface area (Å²) in [5.41, 5.74) is 12.1. The number of rotatable bonds is 4. The molecule has 3 N–H and O–H groups in total. The SMILES string of the molecule is Cc1ccccc1/C=N\NC(=O)Cc1ccc2nc(N)sc2c1. The lowest BCUT2D eigenvalue weighted by Crippen LogP contribution is -2.19. The summed E-state index contributed by atoms with van der Waals surface area (Å²) in [5, 5.41) is 4.54. The van der Waals surface area contributed by atoms with Gasteiger partial charge >= 0.3 is 0 Å². The lowest BCUT2D eigenvalue weighted by atomic mass is 10.1. The van der Waals surface area contributed by atoms with E-state index in [1.54, 1.807) is 6.21 Å². The molecule has 0 unspecified atom stereocenters. The van der Waals surface area contributed by atoms with Crippen molar-refractivity contribution >= 4 is 38.8 Å². The minimum atomic E-state index is -0.160. The number of hydrogen-bond acceptors (Lipinski definition) is 5. The maximum atomic E-state index is 12.0. The van der Waals surface area contributed by atoms with Gasteiger partial charge in [-0.25, -0.2) is 10.4 Å². The van der Waals surface area contributed by atoms with Crippen molar-refractivity contribution in [2.75, 3.05) is 5.73 Å². The first-order valence-electron chi connectivity index (χ1n) is 7.14. The number of benzene rings is 2. The van der Waals surface area contributed by atoms with Gasteiger partial charge < -0.3 is 5.73 Å². The predicted octanol–water partition coefficient (Wildman–Crippen LogP) is 2.88. The zero-order valence-electron chi connectivity index (χ0n) is 12.6. The number of nitrogens with two attached hydrogens (primary N) is 1. The van der Waals surface area contributed by atoms with Crippen molar-refractivity contribution < 1.29 is 4.79 Å². The molecule has 0 bridgehead atoms. The fraction of sp³-hybridized carbons (Fsp3) is 0.118. The van der Waals surface area contributed by atoms with E-state index in [1.165, 1.54) is 11.3 Å². The number of amides is 1. The molecule has 2 aromatic carbocycles. The molecule has 3 aromatic rings. The maximum Gasteiger partial charge on any atom is 0.244 e. The van der Waals surface area contributed by atoms with Gasteiger partial charge in [-0.15, -0.1) is 0 Å². The number of hydrazone groups is 1. The minimum absolute atomic E-state index is 0.160. The largest absolute Gasteiger partial charge is 0.375 e. The van der Waals surface area contributed by atoms with Gasteiger partial charge in [0.2, 0.25) is 5.91 Å². The van der Waals surface area contributed by atoms with Crippen LogP contribution in [0.15, 0.2) is 47.6 Å². The second-order valence-corrected chi connectivity index (χ2v) is 6.24. The van der Waals surface area contributed by atoms with Crippen LogP contribution in [0.4, 0.5) is 5.13 Å². The highest BCUT2D eigenvalue weighted by atomic mass is 32.1. The Morgan fingerprint density at radius 2 is 2.17 bits per heavy atom. The predicted molar refractivity (Wildman–Crippen MR) is 94.7 cm³/mol. The molecule has 0 aliphatic rings. The molecule has 116 valence electrons. The van der Waals surface area contributed by atoms with Crippen molar-refractivity contribution in [3.8, 4) is 0 Å². The first kappa shape index (κ1) is 15.2. The van der Waals surface area contributed by atoms with Crippen molar-refractivity contribution in [2.24, 2.45) is 5.10 Å². The summed E-state index contributed by atoms with van der Waals surface area (Å²) in [6, 6.07) is 13.5. The molecule has 0 atom stereocenters. The summed E-state index contributed by atoms with van der Waals surface area (Å²) in [6.07, 6.45) is 1.92. The quantitative estimate of drug-likeness (QED) is 0.572. The van der Waals surface area contributed by atoms with Crippen molar-refractivity contribution in [3.63, 3.8) is 0 Å². The number of anilines is 1. The number of thiazole rings is 1. The lowest BCUT2D eigenvalue weighted by Gasteiger charge is -2.01. The van der Waals surface area contributed by atoms with Gasteiger partial charge in [0, 0.05) is 0 Å². The third-order valence-electron chi connectivity index (χ3n) is 3.42. The molecule has 0 saturated heterocycles. The molecule has 1 aromatic heterocycles. The van der Waals surface area contributed by atoms with Crippen LogP contribution in [0.5, 0.6) is 0 Å². The Hall–Kier alpha value is -2.73. The molecule has 0 aliphatic carbocycles. The Morgan fingerprint density at radius 3 is 3.00 bits per heavy atom. The fourth-order valence-corrected chi connectivity index (χ4v) is 3.03. The second-order valence-electron chi connectivity index (χ2n) is 5.18. The van der Waals surface area contributed by atoms with Crippen LogP contribution in [0.1, 0.15) is 16.7 Å². The highest BCUT2D eigenvalue weighted by Crippen LogP contribution is 2.24. The number of aryl methyl sites for hydroxylation is 1. The lowest BCUT2D eigenvalue weighted by molar-refractivity contribution is -0.120. The van der Waals surface area contributed by atoms with Crippen LogP contribution in [0.2, 0.25) is 0 Å². The number of carbonyl (C=O) groups is 1. The molecule has 23 heavy (non-hydrogen) atoms. The first-order chi connectivity index (χ1) is 11.1. The van der Waals surface area contributed by atoms with Crippen LogP contribution in [-0.4, -0.2) is 17.1 Å². The van der Waals surface area contributed by atoms with Gasteiger partial charge in [-0.1, -0.05) is 41.7 Å². The highest BCUT2D eigenvalue weighted by Gasteiger charge is 2.06. The van der Waals surface area contributed by atoms with Crippen LogP contribution >= 0.6 is 11.3 Å². The van der Waals surface area contributed by atoms with Gasteiger partial charge in [-0.05, 0) is 35.7 Å². The number of nitrogens with zero attached hydrogens (tertiary/aromatic N) is 2. The molecule has 0 spiro atoms. The monoisotopic (exact) mass is 324 g/mol. The summed E-state index contributed by atoms with van der Waals surface area (Å²) in [6.45, 7) is 2.00. The summed E-state index contributed by atoms with van der Waals surface area (Å²) in [7, 11) is 0. The number of fused-ring (bicyclic) bond motifs is 1. The van der Waals surface area contributed by atoms with Gasteiger partial charge in [0.05, 0.1) is 22.9 Å². The number of aromatic nitrogens is 1. The molecule has 5 nitrogen and oxygen atoms in total. The van der Waals surface area contributed by atoms with Crippen LogP contribution in [0.25, 0.3) is 10.2 Å². The Morgan fingerprint density at radius 1 is 1.35 bits per heavy atom. The zero-order chi connectivity index (χ0) is 16.2. The topological polar surface area (TPSA) is 80.4 Å². The van der Waals surface area contributed by atoms with E-state index >= 15 is 0 Å². The Kier molecular flexibility index (Phi) is 4.34. The summed E-state index contributed by atoms with van der Waals surface area (Å²) >= 11 is 1.42. The van der Waals surface area contributed by atoms with Gasteiger partial charge in [0.1, 0.15) is 0 Å². The van der Waals surface area contributed by atoms with Crippen LogP contribution in [0, 0.1) is 6.92 Å². The van der Waals surface area contributed by atoms with E-state index in [4.69, 9.17) is 5.73 Å². The van der Waals surface area contributed by atoms with Crippen molar-refractivity contribution in [1.29, 1.82) is 0 Å². The molecule has 1 amide bonds. The average Bonchev–Trinajstić information content (AvgIpc) is 2.88. The molecule has 1 heterocycles. The van der Waals surface area contributed by atoms with E-state index in [9.17, 15) is 4.79 Å². The molecular formula is C17H16N4OS. The van der Waals surface area contributed by atoms with Gasteiger partial charge in [-0.3, -0.25) is 4.79 Å². The third-order valence-corrected chi connectivity index (χ3v) is 4.26. The summed E-state index contributed by atoms with van der Waals surface area (Å²) in [5.74, 6) is -0.160. The summed E-state index contributed by atoms with van der Waals surface area (Å²) < 4.78 is 0.983. The van der Waals surface area contributed by atoms with Crippen LogP contribution < -0.4 is 11.2 Å². The van der Waals surface area contributed by atoms with E-state index in [0.29, 0.717) is 5.13 Å². The van der Waals surface area contributed by atoms with Gasteiger partial charge in [0.25, 0.3) is 0 Å². The highest BCUT2D eigenvalue weighted by molar-refractivity contribution is 7.22. The van der Waals surface area contributed by atoms with E-state index in [0.717, 1.165) is 26.9 Å². The van der Waals surface area contributed by atoms with E-state index in [2.05, 4.69) is 15.5 Å². The first-order valence-corrected chi connectivity index (χ1v) is 7.96. The average molecular weight is 324 g/mol. The molecule has 3 rings (SSSR count). The number of carbonyl (C=O) groups excluding carboxylic acids is 1. The van der Waals surface area contributed by atoms with Crippen molar-refractivity contribution in [1.82, 2.24) is 10.4 Å². The molecule has 0 fully saturated rings. The van der Waals surface area contributed by atoms with Crippen LogP contribution in [0.3, 0.4) is 0 Å². The van der Waals surface area contributed by atoms with Crippen LogP contribution in [-0.2, 0) is 11.2 Å². The Balaban J connectivity index is 1.63. The van der Waals surface area contributed by atoms with E-state index < -0.39 is 0 Å². The van der Waals surface area contributed by atoms with E-state index in [-0.39, 0.29) is 12.3 Å². The zero-order valence-corrected chi connectivity index (χ0v) is 13.4. The number of nitrogens with one attached hydrogen (secondary N) is 1.